The highest BCUT2D eigenvalue weighted by molar-refractivity contribution is 7.99. The molecule has 0 aliphatic heterocycles. The number of hydrogen-bond acceptors (Lipinski definition) is 6. The Balaban J connectivity index is 1.72. The van der Waals surface area contributed by atoms with E-state index in [0.717, 1.165) is 18.4 Å². The maximum Gasteiger partial charge on any atom is 0.339 e. The molecule has 1 N–H and O–H groups in total. The van der Waals surface area contributed by atoms with Crippen LogP contribution in [0.2, 0.25) is 0 Å². The maximum absolute atomic E-state index is 12.1. The van der Waals surface area contributed by atoms with Gasteiger partial charge in [0.15, 0.2) is 16.4 Å². The van der Waals surface area contributed by atoms with Crippen molar-refractivity contribution < 1.29 is 22.7 Å². The molecule has 0 aromatic heterocycles. The normalized spacial score (nSPS) is 11.0. The van der Waals surface area contributed by atoms with Crippen LogP contribution in [0.4, 0.5) is 0 Å². The molecule has 1 amide bonds. The zero-order valence-corrected chi connectivity index (χ0v) is 16.5. The van der Waals surface area contributed by atoms with Crippen molar-refractivity contribution in [1.29, 1.82) is 0 Å². The Morgan fingerprint density at radius 1 is 1.04 bits per heavy atom. The van der Waals surface area contributed by atoms with Gasteiger partial charge in [0.05, 0.1) is 10.5 Å². The first-order valence-electron chi connectivity index (χ1n) is 8.28. The number of esters is 1. The number of amides is 1. The number of carbonyl (C=O) groups excluding carboxylic acids is 2. The van der Waals surface area contributed by atoms with E-state index in [-0.39, 0.29) is 10.5 Å². The lowest BCUT2D eigenvalue weighted by Gasteiger charge is -2.09. The van der Waals surface area contributed by atoms with Crippen LogP contribution >= 0.6 is 11.8 Å². The lowest BCUT2D eigenvalue weighted by molar-refractivity contribution is -0.124. The molecule has 0 unspecified atom stereocenters. The van der Waals surface area contributed by atoms with Gasteiger partial charge in [0, 0.05) is 17.7 Å². The van der Waals surface area contributed by atoms with Gasteiger partial charge >= 0.3 is 5.97 Å². The van der Waals surface area contributed by atoms with Gasteiger partial charge in [-0.2, -0.15) is 0 Å². The molecule has 6 nitrogen and oxygen atoms in total. The molecule has 2 aromatic carbocycles. The second kappa shape index (κ2) is 10.1. The van der Waals surface area contributed by atoms with Crippen molar-refractivity contribution in [2.24, 2.45) is 0 Å². The summed E-state index contributed by atoms with van der Waals surface area (Å²) >= 11 is 1.70. The number of ether oxygens (including phenoxy) is 1. The first-order valence-corrected chi connectivity index (χ1v) is 11.2. The van der Waals surface area contributed by atoms with Gasteiger partial charge < -0.3 is 10.1 Å². The zero-order valence-electron chi connectivity index (χ0n) is 14.9. The number of thioether (sulfide) groups is 1. The van der Waals surface area contributed by atoms with Gasteiger partial charge in [0.1, 0.15) is 0 Å². The van der Waals surface area contributed by atoms with Crippen molar-refractivity contribution >= 4 is 33.5 Å². The Morgan fingerprint density at radius 3 is 2.41 bits per heavy atom. The summed E-state index contributed by atoms with van der Waals surface area (Å²) < 4.78 is 28.4. The van der Waals surface area contributed by atoms with Crippen LogP contribution in [0, 0.1) is 0 Å². The molecule has 0 atom stereocenters. The molecular weight excluding hydrogens is 386 g/mol. The van der Waals surface area contributed by atoms with Crippen molar-refractivity contribution in [3.05, 3.63) is 60.2 Å². The number of sulfone groups is 1. The average molecular weight is 408 g/mol. The van der Waals surface area contributed by atoms with Crippen molar-refractivity contribution in [2.45, 2.75) is 16.2 Å². The number of nitrogens with one attached hydrogen (secondary N) is 1. The lowest BCUT2D eigenvalue weighted by atomic mass is 10.2. The molecule has 144 valence electrons. The summed E-state index contributed by atoms with van der Waals surface area (Å²) in [6, 6.07) is 15.7. The fraction of sp³-hybridized carbons (Fsp3) is 0.263. The second-order valence-electron chi connectivity index (χ2n) is 5.71. The number of carbonyl (C=O) groups is 2. The number of rotatable bonds is 9. The summed E-state index contributed by atoms with van der Waals surface area (Å²) in [5, 5.41) is 2.67. The minimum absolute atomic E-state index is 0.0768. The molecule has 0 aliphatic carbocycles. The van der Waals surface area contributed by atoms with Crippen molar-refractivity contribution in [3.8, 4) is 0 Å². The van der Waals surface area contributed by atoms with Crippen LogP contribution < -0.4 is 5.32 Å². The van der Waals surface area contributed by atoms with Gasteiger partial charge in [-0.25, -0.2) is 13.2 Å². The van der Waals surface area contributed by atoms with Crippen LogP contribution in [0.15, 0.2) is 64.4 Å². The van der Waals surface area contributed by atoms with Crippen LogP contribution in [-0.2, 0) is 19.4 Å². The molecule has 2 aromatic rings. The molecule has 0 bridgehead atoms. The number of benzene rings is 2. The third-order valence-electron chi connectivity index (χ3n) is 3.50. The van der Waals surface area contributed by atoms with Gasteiger partial charge in [-0.1, -0.05) is 30.3 Å². The fourth-order valence-electron chi connectivity index (χ4n) is 2.23. The molecule has 0 aliphatic rings. The topological polar surface area (TPSA) is 89.5 Å². The predicted molar refractivity (Wildman–Crippen MR) is 105 cm³/mol. The van der Waals surface area contributed by atoms with E-state index in [1.54, 1.807) is 11.8 Å². The lowest BCUT2D eigenvalue weighted by Crippen LogP contribution is -2.30. The Bertz CT molecular complexity index is 882. The fourth-order valence-corrected chi connectivity index (χ4v) is 3.98. The average Bonchev–Trinajstić information content (AvgIpc) is 2.66. The largest absolute Gasteiger partial charge is 0.452 e. The molecule has 0 spiro atoms. The highest BCUT2D eigenvalue weighted by Crippen LogP contribution is 2.17. The van der Waals surface area contributed by atoms with Crippen LogP contribution in [0.3, 0.4) is 0 Å². The molecule has 0 saturated heterocycles. The third kappa shape index (κ3) is 7.07. The van der Waals surface area contributed by atoms with Gasteiger partial charge in [0.25, 0.3) is 5.91 Å². The van der Waals surface area contributed by atoms with Crippen molar-refractivity contribution in [3.63, 3.8) is 0 Å². The van der Waals surface area contributed by atoms with E-state index in [9.17, 15) is 18.0 Å². The Morgan fingerprint density at radius 2 is 1.70 bits per heavy atom. The summed E-state index contributed by atoms with van der Waals surface area (Å²) in [6.07, 6.45) is 1.79. The molecule has 0 heterocycles. The van der Waals surface area contributed by atoms with E-state index in [0.29, 0.717) is 6.54 Å². The van der Waals surface area contributed by atoms with E-state index >= 15 is 0 Å². The summed E-state index contributed by atoms with van der Waals surface area (Å²) in [5.74, 6) is -0.415. The van der Waals surface area contributed by atoms with Crippen LogP contribution in [0.1, 0.15) is 16.8 Å². The molecular formula is C19H21NO5S2. The van der Waals surface area contributed by atoms with Crippen molar-refractivity contribution in [1.82, 2.24) is 5.32 Å². The smallest absolute Gasteiger partial charge is 0.339 e. The van der Waals surface area contributed by atoms with Gasteiger partial charge in [0.2, 0.25) is 0 Å². The molecule has 8 heteroatoms. The standard InChI is InChI=1S/C19H21NO5S2/c1-27(23,24)17-11-6-5-10-16(17)19(22)25-14-18(21)20-12-7-13-26-15-8-3-2-4-9-15/h2-6,8-11H,7,12-14H2,1H3,(H,20,21). The molecule has 0 radical (unpaired) electrons. The van der Waals surface area contributed by atoms with Gasteiger partial charge in [-0.3, -0.25) is 4.79 Å². The van der Waals surface area contributed by atoms with E-state index in [1.807, 2.05) is 30.3 Å². The first-order chi connectivity index (χ1) is 12.9. The number of hydrogen-bond donors (Lipinski definition) is 1. The first kappa shape index (κ1) is 21.0. The Kier molecular flexibility index (Phi) is 7.87. The van der Waals surface area contributed by atoms with E-state index in [4.69, 9.17) is 4.74 Å². The SMILES string of the molecule is CS(=O)(=O)c1ccccc1C(=O)OCC(=O)NCCCSc1ccccc1. The summed E-state index contributed by atoms with van der Waals surface area (Å²) in [6.45, 7) is 0.0128. The van der Waals surface area contributed by atoms with Crippen LogP contribution in [0.5, 0.6) is 0 Å². The van der Waals surface area contributed by atoms with Crippen LogP contribution in [-0.4, -0.2) is 45.5 Å². The zero-order chi connectivity index (χ0) is 19.7. The predicted octanol–water partition coefficient (Wildman–Crippen LogP) is 2.55. The minimum Gasteiger partial charge on any atom is -0.452 e. The molecule has 0 fully saturated rings. The summed E-state index contributed by atoms with van der Waals surface area (Å²) in [4.78, 5) is 24.9. The molecule has 0 saturated carbocycles. The van der Waals surface area contributed by atoms with Gasteiger partial charge in [-0.05, 0) is 36.4 Å². The van der Waals surface area contributed by atoms with E-state index in [2.05, 4.69) is 5.32 Å². The Hall–Kier alpha value is -2.32. The monoisotopic (exact) mass is 407 g/mol. The van der Waals surface area contributed by atoms with Crippen molar-refractivity contribution in [2.75, 3.05) is 25.2 Å². The van der Waals surface area contributed by atoms with E-state index < -0.39 is 28.3 Å². The van der Waals surface area contributed by atoms with E-state index in [1.165, 1.54) is 29.2 Å². The quantitative estimate of drug-likeness (QED) is 0.390. The summed E-state index contributed by atoms with van der Waals surface area (Å²) in [5.41, 5.74) is -0.0768. The maximum atomic E-state index is 12.1. The minimum atomic E-state index is -3.56. The van der Waals surface area contributed by atoms with Crippen LogP contribution in [0.25, 0.3) is 0 Å². The second-order valence-corrected chi connectivity index (χ2v) is 8.86. The third-order valence-corrected chi connectivity index (χ3v) is 5.75. The summed E-state index contributed by atoms with van der Waals surface area (Å²) in [7, 11) is -3.56. The highest BCUT2D eigenvalue weighted by Gasteiger charge is 2.19. The molecule has 2 rings (SSSR count). The Labute approximate surface area is 163 Å². The highest BCUT2D eigenvalue weighted by atomic mass is 32.2. The molecule has 27 heavy (non-hydrogen) atoms. The van der Waals surface area contributed by atoms with Gasteiger partial charge in [-0.15, -0.1) is 11.8 Å².